The highest BCUT2D eigenvalue weighted by atomic mass is 32.1. The summed E-state index contributed by atoms with van der Waals surface area (Å²) in [5, 5.41) is 7.39. The largest absolute Gasteiger partial charge is 0.456 e. The molecule has 2 aromatic heterocycles. The minimum absolute atomic E-state index is 0.899. The Morgan fingerprint density at radius 3 is 1.72 bits per heavy atom. The first kappa shape index (κ1) is 35.2. The summed E-state index contributed by atoms with van der Waals surface area (Å²) in [6.07, 6.45) is 0. The van der Waals surface area contributed by atoms with E-state index in [0.717, 1.165) is 61.3 Å². The van der Waals surface area contributed by atoms with Gasteiger partial charge >= 0.3 is 0 Å². The summed E-state index contributed by atoms with van der Waals surface area (Å²) in [6, 6.07) is 81.2. The van der Waals surface area contributed by atoms with Gasteiger partial charge in [-0.25, -0.2) is 0 Å². The maximum absolute atomic E-state index is 6.28. The number of fused-ring (bicyclic) bond motifs is 7. The summed E-state index contributed by atoms with van der Waals surface area (Å²) < 4.78 is 8.91. The van der Waals surface area contributed by atoms with Crippen molar-refractivity contribution in [1.29, 1.82) is 0 Å². The maximum atomic E-state index is 6.28. The Balaban J connectivity index is 0.999. The molecule has 0 amide bonds. The van der Waals surface area contributed by atoms with E-state index in [-0.39, 0.29) is 0 Å². The number of rotatable bonds is 7. The highest BCUT2D eigenvalue weighted by molar-refractivity contribution is 7.26. The predicted molar refractivity (Wildman–Crippen MR) is 261 cm³/mol. The van der Waals surface area contributed by atoms with Crippen molar-refractivity contribution in [3.05, 3.63) is 224 Å². The van der Waals surface area contributed by atoms with Crippen molar-refractivity contribution in [2.45, 2.75) is 0 Å². The number of thiophene rings is 1. The lowest BCUT2D eigenvalue weighted by molar-refractivity contribution is 0.669. The molecule has 61 heavy (non-hydrogen) atoms. The standard InChI is InChI=1S/C58H37NOS/c1-2-17-45-38(13-1)14-10-21-46(45)41-15-9-16-42(37-41)47-18-3-6-25-53(47)59(43-33-29-39(30-34-43)48-22-12-27-55-57(48)52-20-4-7-26-54(52)60-55)44-35-31-40(32-36-44)49-23-11-24-51-50-19-5-8-28-56(50)61-58(49)51/h1-37H. The van der Waals surface area contributed by atoms with Gasteiger partial charge in [0.25, 0.3) is 0 Å². The summed E-state index contributed by atoms with van der Waals surface area (Å²) >= 11 is 1.87. The van der Waals surface area contributed by atoms with E-state index in [0.29, 0.717) is 0 Å². The van der Waals surface area contributed by atoms with Crippen LogP contribution in [-0.4, -0.2) is 0 Å². The van der Waals surface area contributed by atoms with Crippen LogP contribution >= 0.6 is 11.3 Å². The van der Waals surface area contributed by atoms with Crippen LogP contribution in [0, 0.1) is 0 Å². The first-order valence-corrected chi connectivity index (χ1v) is 21.6. The normalized spacial score (nSPS) is 11.6. The van der Waals surface area contributed by atoms with Crippen molar-refractivity contribution in [3.63, 3.8) is 0 Å². The van der Waals surface area contributed by atoms with Gasteiger partial charge in [-0.15, -0.1) is 11.3 Å². The number of anilines is 3. The third kappa shape index (κ3) is 6.01. The van der Waals surface area contributed by atoms with E-state index in [1.165, 1.54) is 53.2 Å². The van der Waals surface area contributed by atoms with E-state index in [4.69, 9.17) is 4.42 Å². The molecule has 0 aliphatic heterocycles. The van der Waals surface area contributed by atoms with Crippen LogP contribution in [0.3, 0.4) is 0 Å². The maximum Gasteiger partial charge on any atom is 0.136 e. The third-order valence-electron chi connectivity index (χ3n) is 12.1. The van der Waals surface area contributed by atoms with Crippen molar-refractivity contribution in [1.82, 2.24) is 0 Å². The van der Waals surface area contributed by atoms with Crippen molar-refractivity contribution < 1.29 is 4.42 Å². The fraction of sp³-hybridized carbons (Fsp3) is 0. The van der Waals surface area contributed by atoms with E-state index in [1.807, 2.05) is 23.5 Å². The highest BCUT2D eigenvalue weighted by Crippen LogP contribution is 2.45. The SMILES string of the molecule is c1cc(-c2ccccc2N(c2ccc(-c3cccc4c3sc3ccccc34)cc2)c2ccc(-c3cccc4oc5ccccc5c34)cc2)cc(-c2cccc3ccccc23)c1. The molecule has 12 rings (SSSR count). The van der Waals surface area contributed by atoms with Crippen molar-refractivity contribution in [3.8, 4) is 44.5 Å². The summed E-state index contributed by atoms with van der Waals surface area (Å²) in [5.74, 6) is 0. The second-order valence-corrected chi connectivity index (χ2v) is 16.7. The Hall–Kier alpha value is -7.72. The molecule has 0 bridgehead atoms. The van der Waals surface area contributed by atoms with E-state index in [9.17, 15) is 0 Å². The van der Waals surface area contributed by atoms with Crippen LogP contribution in [0.2, 0.25) is 0 Å². The molecule has 2 heterocycles. The Morgan fingerprint density at radius 2 is 0.885 bits per heavy atom. The monoisotopic (exact) mass is 795 g/mol. The molecule has 0 spiro atoms. The quantitative estimate of drug-likeness (QED) is 0.160. The first-order valence-electron chi connectivity index (χ1n) is 20.7. The fourth-order valence-electron chi connectivity index (χ4n) is 9.24. The second-order valence-electron chi connectivity index (χ2n) is 15.6. The van der Waals surface area contributed by atoms with Crippen LogP contribution < -0.4 is 4.90 Å². The lowest BCUT2D eigenvalue weighted by atomic mass is 9.94. The van der Waals surface area contributed by atoms with Crippen LogP contribution in [0.1, 0.15) is 0 Å². The molecular formula is C58H37NOS. The molecule has 0 saturated heterocycles. The summed E-state index contributed by atoms with van der Waals surface area (Å²) in [7, 11) is 0. The minimum atomic E-state index is 0.899. The molecule has 0 aliphatic carbocycles. The zero-order chi connectivity index (χ0) is 40.3. The van der Waals surface area contributed by atoms with Gasteiger partial charge in [0.1, 0.15) is 11.2 Å². The number of hydrogen-bond donors (Lipinski definition) is 0. The van der Waals surface area contributed by atoms with Gasteiger partial charge in [0.15, 0.2) is 0 Å². The third-order valence-corrected chi connectivity index (χ3v) is 13.3. The molecule has 286 valence electrons. The number of benzene rings is 10. The van der Waals surface area contributed by atoms with Gasteiger partial charge in [-0.2, -0.15) is 0 Å². The zero-order valence-corrected chi connectivity index (χ0v) is 33.9. The van der Waals surface area contributed by atoms with Crippen LogP contribution in [0.5, 0.6) is 0 Å². The molecule has 0 N–H and O–H groups in total. The minimum Gasteiger partial charge on any atom is -0.456 e. The Labute approximate surface area is 357 Å². The molecule has 0 unspecified atom stereocenters. The van der Waals surface area contributed by atoms with Crippen LogP contribution in [0.15, 0.2) is 229 Å². The van der Waals surface area contributed by atoms with Gasteiger partial charge in [-0.05, 0) is 104 Å². The summed E-state index contributed by atoms with van der Waals surface area (Å²) in [6.45, 7) is 0. The molecule has 0 aliphatic rings. The number of hydrogen-bond acceptors (Lipinski definition) is 3. The van der Waals surface area contributed by atoms with Gasteiger partial charge in [0.05, 0.1) is 5.69 Å². The number of furan rings is 1. The van der Waals surface area contributed by atoms with E-state index in [2.05, 4.69) is 217 Å². The molecule has 2 nitrogen and oxygen atoms in total. The number of nitrogens with zero attached hydrogens (tertiary/aromatic N) is 1. The molecule has 0 saturated carbocycles. The van der Waals surface area contributed by atoms with Crippen LogP contribution in [-0.2, 0) is 0 Å². The van der Waals surface area contributed by atoms with E-state index in [1.54, 1.807) is 0 Å². The van der Waals surface area contributed by atoms with E-state index >= 15 is 0 Å². The topological polar surface area (TPSA) is 16.4 Å². The number of para-hydroxylation sites is 2. The average molecular weight is 796 g/mol. The van der Waals surface area contributed by atoms with Gasteiger partial charge in [-0.1, -0.05) is 170 Å². The van der Waals surface area contributed by atoms with Crippen molar-refractivity contribution in [2.24, 2.45) is 0 Å². The molecule has 0 radical (unpaired) electrons. The van der Waals surface area contributed by atoms with Crippen LogP contribution in [0.25, 0.3) is 97.4 Å². The smallest absolute Gasteiger partial charge is 0.136 e. The van der Waals surface area contributed by atoms with Gasteiger partial charge in [0.2, 0.25) is 0 Å². The van der Waals surface area contributed by atoms with Gasteiger partial charge in [-0.3, -0.25) is 0 Å². The van der Waals surface area contributed by atoms with Crippen molar-refractivity contribution in [2.75, 3.05) is 4.90 Å². The van der Waals surface area contributed by atoms with Gasteiger partial charge < -0.3 is 9.32 Å². The second kappa shape index (κ2) is 14.5. The lowest BCUT2D eigenvalue weighted by Gasteiger charge is -2.28. The van der Waals surface area contributed by atoms with Crippen molar-refractivity contribution >= 4 is 81.3 Å². The Morgan fingerprint density at radius 1 is 0.344 bits per heavy atom. The first-order chi connectivity index (χ1) is 30.2. The highest BCUT2D eigenvalue weighted by Gasteiger charge is 2.20. The summed E-state index contributed by atoms with van der Waals surface area (Å²) in [5.41, 5.74) is 14.6. The summed E-state index contributed by atoms with van der Waals surface area (Å²) in [4.78, 5) is 2.40. The van der Waals surface area contributed by atoms with Gasteiger partial charge in [0, 0.05) is 47.9 Å². The average Bonchev–Trinajstić information content (AvgIpc) is 3.91. The lowest BCUT2D eigenvalue weighted by Crippen LogP contribution is -2.11. The predicted octanol–water partition coefficient (Wildman–Crippen LogP) is 17.2. The molecule has 10 aromatic carbocycles. The molecule has 3 heteroatoms. The van der Waals surface area contributed by atoms with E-state index < -0.39 is 0 Å². The molecular weight excluding hydrogens is 759 g/mol. The Bertz CT molecular complexity index is 3590. The molecule has 0 fully saturated rings. The molecule has 0 atom stereocenters. The molecule has 12 aromatic rings. The zero-order valence-electron chi connectivity index (χ0n) is 33.1. The Kier molecular flexibility index (Phi) is 8.39. The van der Waals surface area contributed by atoms with Crippen LogP contribution in [0.4, 0.5) is 17.1 Å². The fourth-order valence-corrected chi connectivity index (χ4v) is 10.5.